The van der Waals surface area contributed by atoms with Crippen molar-refractivity contribution in [3.63, 3.8) is 0 Å². The van der Waals surface area contributed by atoms with Gasteiger partial charge in [-0.05, 0) is 30.0 Å². The number of benzene rings is 1. The van der Waals surface area contributed by atoms with Crippen molar-refractivity contribution < 1.29 is 8.78 Å². The molecule has 0 saturated heterocycles. The van der Waals surface area contributed by atoms with E-state index < -0.39 is 12.3 Å². The van der Waals surface area contributed by atoms with E-state index in [1.54, 1.807) is 25.1 Å². The van der Waals surface area contributed by atoms with E-state index in [1.807, 2.05) is 19.9 Å². The molecule has 0 atom stereocenters. The molecule has 0 unspecified atom stereocenters. The fourth-order valence-electron chi connectivity index (χ4n) is 1.74. The number of hydrogen-bond acceptors (Lipinski definition) is 1. The van der Waals surface area contributed by atoms with Gasteiger partial charge in [0.2, 0.25) is 0 Å². The summed E-state index contributed by atoms with van der Waals surface area (Å²) in [4.78, 5) is 0. The molecule has 0 N–H and O–H groups in total. The zero-order valence-corrected chi connectivity index (χ0v) is 10.4. The lowest BCUT2D eigenvalue weighted by Gasteiger charge is -2.19. The molecular formula is C14H17F2N. The van der Waals surface area contributed by atoms with E-state index in [2.05, 4.69) is 0 Å². The predicted molar refractivity (Wildman–Crippen MR) is 64.0 cm³/mol. The summed E-state index contributed by atoms with van der Waals surface area (Å²) in [6.45, 7) is 5.63. The quantitative estimate of drug-likeness (QED) is 0.755. The monoisotopic (exact) mass is 237 g/mol. The Labute approximate surface area is 101 Å². The minimum Gasteiger partial charge on any atom is -0.201 e. The standard InChI is InChI=1S/C14H17F2N/c1-10(2)12-6-5-11(3)13(9-12)14(15,16)7-4-8-17/h5-6,9-10H,4,7H2,1-3H3. The summed E-state index contributed by atoms with van der Waals surface area (Å²) in [5.41, 5.74) is 1.54. The van der Waals surface area contributed by atoms with Crippen LogP contribution in [0.2, 0.25) is 0 Å². The van der Waals surface area contributed by atoms with Crippen LogP contribution >= 0.6 is 0 Å². The number of nitrogens with zero attached hydrogens (tertiary/aromatic N) is 1. The Hall–Kier alpha value is -1.43. The van der Waals surface area contributed by atoms with Gasteiger partial charge in [-0.15, -0.1) is 0 Å². The topological polar surface area (TPSA) is 23.8 Å². The molecule has 0 radical (unpaired) electrons. The lowest BCUT2D eigenvalue weighted by atomic mass is 9.93. The second-order valence-corrected chi connectivity index (χ2v) is 4.59. The van der Waals surface area contributed by atoms with Crippen LogP contribution in [0, 0.1) is 18.3 Å². The summed E-state index contributed by atoms with van der Waals surface area (Å²) in [5, 5.41) is 8.41. The van der Waals surface area contributed by atoms with Crippen LogP contribution in [-0.4, -0.2) is 0 Å². The molecule has 1 aromatic rings. The van der Waals surface area contributed by atoms with Crippen LogP contribution in [0.15, 0.2) is 18.2 Å². The Kier molecular flexibility index (Phi) is 4.22. The third-order valence-corrected chi connectivity index (χ3v) is 2.87. The second-order valence-electron chi connectivity index (χ2n) is 4.59. The molecule has 92 valence electrons. The first kappa shape index (κ1) is 13.6. The molecule has 0 aromatic heterocycles. The Morgan fingerprint density at radius 2 is 2.00 bits per heavy atom. The summed E-state index contributed by atoms with van der Waals surface area (Å²) in [6, 6.07) is 6.94. The smallest absolute Gasteiger partial charge is 0.201 e. The van der Waals surface area contributed by atoms with Crippen molar-refractivity contribution in [2.45, 2.75) is 45.5 Å². The number of halogens is 2. The molecule has 0 amide bonds. The van der Waals surface area contributed by atoms with Crippen LogP contribution in [0.1, 0.15) is 49.3 Å². The van der Waals surface area contributed by atoms with Gasteiger partial charge in [-0.25, -0.2) is 8.78 Å². The maximum absolute atomic E-state index is 13.9. The second kappa shape index (κ2) is 5.27. The number of nitriles is 1. The van der Waals surface area contributed by atoms with Gasteiger partial charge < -0.3 is 0 Å². The van der Waals surface area contributed by atoms with Crippen molar-refractivity contribution in [1.82, 2.24) is 0 Å². The van der Waals surface area contributed by atoms with Crippen LogP contribution < -0.4 is 0 Å². The molecule has 0 bridgehead atoms. The molecule has 1 aromatic carbocycles. The highest BCUT2D eigenvalue weighted by Crippen LogP contribution is 2.36. The van der Waals surface area contributed by atoms with E-state index in [0.29, 0.717) is 5.56 Å². The van der Waals surface area contributed by atoms with Crippen LogP contribution in [-0.2, 0) is 5.92 Å². The van der Waals surface area contributed by atoms with Gasteiger partial charge in [0.05, 0.1) is 6.07 Å². The average molecular weight is 237 g/mol. The van der Waals surface area contributed by atoms with Gasteiger partial charge in [-0.1, -0.05) is 26.0 Å². The highest BCUT2D eigenvalue weighted by atomic mass is 19.3. The van der Waals surface area contributed by atoms with Gasteiger partial charge in [0.1, 0.15) is 0 Å². The van der Waals surface area contributed by atoms with Crippen molar-refractivity contribution >= 4 is 0 Å². The molecule has 0 aliphatic carbocycles. The lowest BCUT2D eigenvalue weighted by molar-refractivity contribution is -0.0126. The fourth-order valence-corrected chi connectivity index (χ4v) is 1.74. The van der Waals surface area contributed by atoms with Gasteiger partial charge in [-0.3, -0.25) is 0 Å². The lowest BCUT2D eigenvalue weighted by Crippen LogP contribution is -2.15. The largest absolute Gasteiger partial charge is 0.274 e. The van der Waals surface area contributed by atoms with Crippen molar-refractivity contribution in [2.24, 2.45) is 0 Å². The molecule has 0 saturated carbocycles. The molecule has 1 rings (SSSR count). The molecule has 17 heavy (non-hydrogen) atoms. The first-order valence-electron chi connectivity index (χ1n) is 5.74. The third-order valence-electron chi connectivity index (χ3n) is 2.87. The van der Waals surface area contributed by atoms with E-state index in [0.717, 1.165) is 5.56 Å². The number of alkyl halides is 2. The van der Waals surface area contributed by atoms with Gasteiger partial charge in [0, 0.05) is 18.4 Å². The van der Waals surface area contributed by atoms with E-state index in [-0.39, 0.29) is 17.9 Å². The molecule has 1 nitrogen and oxygen atoms in total. The van der Waals surface area contributed by atoms with Gasteiger partial charge >= 0.3 is 0 Å². The van der Waals surface area contributed by atoms with Crippen molar-refractivity contribution in [2.75, 3.05) is 0 Å². The molecule has 0 aliphatic heterocycles. The number of aryl methyl sites for hydroxylation is 1. The molecule has 3 heteroatoms. The SMILES string of the molecule is Cc1ccc(C(C)C)cc1C(F)(F)CCC#N. The van der Waals surface area contributed by atoms with Crippen LogP contribution in [0.4, 0.5) is 8.78 Å². The van der Waals surface area contributed by atoms with Crippen LogP contribution in [0.5, 0.6) is 0 Å². The normalized spacial score (nSPS) is 11.6. The molecular weight excluding hydrogens is 220 g/mol. The zero-order valence-electron chi connectivity index (χ0n) is 10.4. The van der Waals surface area contributed by atoms with E-state index >= 15 is 0 Å². The first-order valence-corrected chi connectivity index (χ1v) is 5.74. The Balaban J connectivity index is 3.11. The highest BCUT2D eigenvalue weighted by Gasteiger charge is 2.32. The molecule has 0 fully saturated rings. The van der Waals surface area contributed by atoms with Gasteiger partial charge in [0.15, 0.2) is 0 Å². The van der Waals surface area contributed by atoms with Crippen molar-refractivity contribution in [3.05, 3.63) is 34.9 Å². The van der Waals surface area contributed by atoms with Crippen molar-refractivity contribution in [1.29, 1.82) is 5.26 Å². The Morgan fingerprint density at radius 1 is 1.35 bits per heavy atom. The van der Waals surface area contributed by atoms with Crippen LogP contribution in [0.25, 0.3) is 0 Å². The summed E-state index contributed by atoms with van der Waals surface area (Å²) in [6.07, 6.45) is -0.537. The van der Waals surface area contributed by atoms with Crippen LogP contribution in [0.3, 0.4) is 0 Å². The maximum Gasteiger partial charge on any atom is 0.274 e. The number of rotatable bonds is 4. The zero-order chi connectivity index (χ0) is 13.1. The van der Waals surface area contributed by atoms with Crippen molar-refractivity contribution in [3.8, 4) is 6.07 Å². The predicted octanol–water partition coefficient (Wildman–Crippen LogP) is 4.51. The minimum absolute atomic E-state index is 0.0546. The fraction of sp³-hybridized carbons (Fsp3) is 0.500. The summed E-state index contributed by atoms with van der Waals surface area (Å²) < 4.78 is 27.8. The molecule has 0 heterocycles. The Morgan fingerprint density at radius 3 is 2.53 bits per heavy atom. The summed E-state index contributed by atoms with van der Waals surface area (Å²) in [5.74, 6) is -2.69. The summed E-state index contributed by atoms with van der Waals surface area (Å²) in [7, 11) is 0. The molecule has 0 aliphatic rings. The molecule has 0 spiro atoms. The van der Waals surface area contributed by atoms with E-state index in [1.165, 1.54) is 0 Å². The van der Waals surface area contributed by atoms with Gasteiger partial charge in [-0.2, -0.15) is 5.26 Å². The number of hydrogen-bond donors (Lipinski definition) is 0. The van der Waals surface area contributed by atoms with E-state index in [4.69, 9.17) is 5.26 Å². The third kappa shape index (κ3) is 3.26. The average Bonchev–Trinajstić information content (AvgIpc) is 2.26. The minimum atomic E-state index is -2.91. The van der Waals surface area contributed by atoms with Gasteiger partial charge in [0.25, 0.3) is 5.92 Å². The maximum atomic E-state index is 13.9. The summed E-state index contributed by atoms with van der Waals surface area (Å²) >= 11 is 0. The van der Waals surface area contributed by atoms with E-state index in [9.17, 15) is 8.78 Å². The first-order chi connectivity index (χ1) is 7.88. The Bertz CT molecular complexity index is 430. The highest BCUT2D eigenvalue weighted by molar-refractivity contribution is 5.35.